The SMILES string of the molecule is CCCOc1ccc(/N=C/c2ccc([N+](=O)[O-])cc2)cc1. The lowest BCUT2D eigenvalue weighted by molar-refractivity contribution is -0.384. The highest BCUT2D eigenvalue weighted by Crippen LogP contribution is 2.18. The Morgan fingerprint density at radius 2 is 1.81 bits per heavy atom. The zero-order valence-corrected chi connectivity index (χ0v) is 11.7. The third-order valence-corrected chi connectivity index (χ3v) is 2.78. The van der Waals surface area contributed by atoms with Crippen molar-refractivity contribution >= 4 is 17.6 Å². The summed E-state index contributed by atoms with van der Waals surface area (Å²) in [4.78, 5) is 14.5. The zero-order valence-electron chi connectivity index (χ0n) is 11.7. The summed E-state index contributed by atoms with van der Waals surface area (Å²) in [5, 5.41) is 10.6. The molecule has 0 amide bonds. The van der Waals surface area contributed by atoms with Gasteiger partial charge in [0.2, 0.25) is 0 Å². The van der Waals surface area contributed by atoms with Gasteiger partial charge in [-0.3, -0.25) is 15.1 Å². The van der Waals surface area contributed by atoms with Crippen LogP contribution in [-0.4, -0.2) is 17.7 Å². The van der Waals surface area contributed by atoms with Gasteiger partial charge in [-0.25, -0.2) is 0 Å². The normalized spacial score (nSPS) is 10.7. The molecule has 0 fully saturated rings. The van der Waals surface area contributed by atoms with Crippen LogP contribution in [0.5, 0.6) is 5.75 Å². The van der Waals surface area contributed by atoms with Crippen LogP contribution in [0.3, 0.4) is 0 Å². The van der Waals surface area contributed by atoms with Crippen molar-refractivity contribution in [2.75, 3.05) is 6.61 Å². The fraction of sp³-hybridized carbons (Fsp3) is 0.188. The molecule has 0 aliphatic carbocycles. The number of nitro groups is 1. The Bertz CT molecular complexity index is 619. The largest absolute Gasteiger partial charge is 0.494 e. The fourth-order valence-corrected chi connectivity index (χ4v) is 1.68. The Kier molecular flexibility index (Phi) is 5.04. The minimum Gasteiger partial charge on any atom is -0.494 e. The van der Waals surface area contributed by atoms with Gasteiger partial charge in [0.15, 0.2) is 0 Å². The predicted molar refractivity (Wildman–Crippen MR) is 82.6 cm³/mol. The molecule has 0 spiro atoms. The van der Waals surface area contributed by atoms with E-state index in [1.165, 1.54) is 12.1 Å². The molecule has 2 aromatic rings. The minimum atomic E-state index is -0.421. The van der Waals surface area contributed by atoms with Crippen molar-refractivity contribution in [1.82, 2.24) is 0 Å². The molecule has 0 atom stereocenters. The van der Waals surface area contributed by atoms with Crippen molar-refractivity contribution in [1.29, 1.82) is 0 Å². The van der Waals surface area contributed by atoms with Gasteiger partial charge < -0.3 is 4.74 Å². The zero-order chi connectivity index (χ0) is 15.1. The van der Waals surface area contributed by atoms with E-state index in [1.54, 1.807) is 18.3 Å². The van der Waals surface area contributed by atoms with Crippen LogP contribution in [-0.2, 0) is 0 Å². The van der Waals surface area contributed by atoms with E-state index < -0.39 is 4.92 Å². The van der Waals surface area contributed by atoms with Crippen LogP contribution in [0.1, 0.15) is 18.9 Å². The van der Waals surface area contributed by atoms with Crippen LogP contribution in [0.15, 0.2) is 53.5 Å². The van der Waals surface area contributed by atoms with Crippen LogP contribution in [0.2, 0.25) is 0 Å². The van der Waals surface area contributed by atoms with E-state index in [0.29, 0.717) is 6.61 Å². The number of nitro benzene ring substituents is 1. The maximum Gasteiger partial charge on any atom is 0.269 e. The lowest BCUT2D eigenvalue weighted by Crippen LogP contribution is -1.93. The summed E-state index contributed by atoms with van der Waals surface area (Å²) in [6.45, 7) is 2.76. The van der Waals surface area contributed by atoms with Gasteiger partial charge in [-0.15, -0.1) is 0 Å². The van der Waals surface area contributed by atoms with E-state index in [-0.39, 0.29) is 5.69 Å². The number of hydrogen-bond donors (Lipinski definition) is 0. The molecular weight excluding hydrogens is 268 g/mol. The van der Waals surface area contributed by atoms with Gasteiger partial charge in [-0.1, -0.05) is 6.92 Å². The Balaban J connectivity index is 2.01. The molecule has 0 bridgehead atoms. The first-order valence-corrected chi connectivity index (χ1v) is 6.70. The average Bonchev–Trinajstić information content (AvgIpc) is 2.52. The highest BCUT2D eigenvalue weighted by atomic mass is 16.6. The van der Waals surface area contributed by atoms with E-state index in [9.17, 15) is 10.1 Å². The molecule has 0 saturated heterocycles. The molecule has 5 nitrogen and oxygen atoms in total. The van der Waals surface area contributed by atoms with Crippen LogP contribution in [0.25, 0.3) is 0 Å². The molecule has 0 aliphatic rings. The second-order valence-electron chi connectivity index (χ2n) is 4.45. The van der Waals surface area contributed by atoms with E-state index in [2.05, 4.69) is 11.9 Å². The number of nitrogens with zero attached hydrogens (tertiary/aromatic N) is 2. The van der Waals surface area contributed by atoms with Crippen molar-refractivity contribution in [3.8, 4) is 5.75 Å². The molecule has 0 aliphatic heterocycles. The summed E-state index contributed by atoms with van der Waals surface area (Å²) < 4.78 is 5.49. The summed E-state index contributed by atoms with van der Waals surface area (Å²) in [6.07, 6.45) is 2.64. The molecule has 2 aromatic carbocycles. The monoisotopic (exact) mass is 284 g/mol. The molecule has 2 rings (SSSR count). The molecule has 0 radical (unpaired) electrons. The van der Waals surface area contributed by atoms with Gasteiger partial charge in [-0.05, 0) is 48.4 Å². The van der Waals surface area contributed by atoms with Crippen molar-refractivity contribution in [2.45, 2.75) is 13.3 Å². The average molecular weight is 284 g/mol. The Hall–Kier alpha value is -2.69. The van der Waals surface area contributed by atoms with Crippen molar-refractivity contribution in [3.63, 3.8) is 0 Å². The molecular formula is C16H16N2O3. The van der Waals surface area contributed by atoms with Crippen LogP contribution in [0.4, 0.5) is 11.4 Å². The highest BCUT2D eigenvalue weighted by molar-refractivity contribution is 5.82. The molecule has 0 saturated carbocycles. The van der Waals surface area contributed by atoms with Gasteiger partial charge in [0, 0.05) is 18.3 Å². The lowest BCUT2D eigenvalue weighted by atomic mass is 10.2. The summed E-state index contributed by atoms with van der Waals surface area (Å²) in [5.41, 5.74) is 1.69. The van der Waals surface area contributed by atoms with Crippen molar-refractivity contribution < 1.29 is 9.66 Å². The van der Waals surface area contributed by atoms with Crippen LogP contribution in [0, 0.1) is 10.1 Å². The van der Waals surface area contributed by atoms with Crippen molar-refractivity contribution in [2.24, 2.45) is 4.99 Å². The van der Waals surface area contributed by atoms with E-state index in [4.69, 9.17) is 4.74 Å². The lowest BCUT2D eigenvalue weighted by Gasteiger charge is -2.03. The first-order chi connectivity index (χ1) is 10.2. The third-order valence-electron chi connectivity index (χ3n) is 2.78. The number of rotatable bonds is 6. The van der Waals surface area contributed by atoms with Gasteiger partial charge in [0.25, 0.3) is 5.69 Å². The topological polar surface area (TPSA) is 64.7 Å². The highest BCUT2D eigenvalue weighted by Gasteiger charge is 2.02. The molecule has 0 heterocycles. The summed E-state index contributed by atoms with van der Waals surface area (Å²) >= 11 is 0. The van der Waals surface area contributed by atoms with Gasteiger partial charge >= 0.3 is 0 Å². The molecule has 0 aromatic heterocycles. The van der Waals surface area contributed by atoms with E-state index >= 15 is 0 Å². The number of hydrogen-bond acceptors (Lipinski definition) is 4. The molecule has 108 valence electrons. The smallest absolute Gasteiger partial charge is 0.269 e. The predicted octanol–water partition coefficient (Wildman–Crippen LogP) is 4.13. The maximum absolute atomic E-state index is 10.6. The van der Waals surface area contributed by atoms with Gasteiger partial charge in [0.1, 0.15) is 5.75 Å². The van der Waals surface area contributed by atoms with Gasteiger partial charge in [-0.2, -0.15) is 0 Å². The maximum atomic E-state index is 10.6. The minimum absolute atomic E-state index is 0.0737. The molecule has 0 N–H and O–H groups in total. The molecule has 5 heteroatoms. The van der Waals surface area contributed by atoms with Crippen molar-refractivity contribution in [3.05, 3.63) is 64.2 Å². The number of aliphatic imine (C=N–C) groups is 1. The first-order valence-electron chi connectivity index (χ1n) is 6.70. The first kappa shape index (κ1) is 14.7. The Morgan fingerprint density at radius 3 is 2.38 bits per heavy atom. The fourth-order valence-electron chi connectivity index (χ4n) is 1.68. The molecule has 0 unspecified atom stereocenters. The molecule has 21 heavy (non-hydrogen) atoms. The second kappa shape index (κ2) is 7.19. The number of benzene rings is 2. The standard InChI is InChI=1S/C16H16N2O3/c1-2-11-21-16-9-5-14(6-10-16)17-12-13-3-7-15(8-4-13)18(19)20/h3-10,12H,2,11H2,1H3/b17-12+. The van der Waals surface area contributed by atoms with Crippen LogP contribution >= 0.6 is 0 Å². The van der Waals surface area contributed by atoms with E-state index in [0.717, 1.165) is 23.4 Å². The van der Waals surface area contributed by atoms with E-state index in [1.807, 2.05) is 24.3 Å². The third kappa shape index (κ3) is 4.42. The summed E-state index contributed by atoms with van der Waals surface area (Å²) in [7, 11) is 0. The quantitative estimate of drug-likeness (QED) is 0.455. The summed E-state index contributed by atoms with van der Waals surface area (Å²) in [5.74, 6) is 0.825. The number of ether oxygens (including phenoxy) is 1. The Morgan fingerprint density at radius 1 is 1.14 bits per heavy atom. The number of non-ortho nitro benzene ring substituents is 1. The van der Waals surface area contributed by atoms with Gasteiger partial charge in [0.05, 0.1) is 17.2 Å². The summed E-state index contributed by atoms with van der Waals surface area (Å²) in [6, 6.07) is 13.7. The van der Waals surface area contributed by atoms with Crippen LogP contribution < -0.4 is 4.74 Å². The second-order valence-corrected chi connectivity index (χ2v) is 4.45. The Labute approximate surface area is 123 Å².